The molecular weight excluding hydrogens is 309 g/mol. The Morgan fingerprint density at radius 1 is 1.25 bits per heavy atom. The van der Waals surface area contributed by atoms with Crippen molar-refractivity contribution in [2.75, 3.05) is 6.61 Å². The van der Waals surface area contributed by atoms with Crippen LogP contribution >= 0.6 is 0 Å². The van der Waals surface area contributed by atoms with Crippen LogP contribution in [-0.2, 0) is 4.74 Å². The molecule has 0 fully saturated rings. The Morgan fingerprint density at radius 3 is 2.54 bits per heavy atom. The summed E-state index contributed by atoms with van der Waals surface area (Å²) in [5, 5.41) is 8.69. The number of esters is 1. The van der Waals surface area contributed by atoms with Gasteiger partial charge in [-0.2, -0.15) is 5.26 Å². The maximum atomic E-state index is 13.5. The van der Waals surface area contributed by atoms with Crippen molar-refractivity contribution in [3.05, 3.63) is 65.0 Å². The summed E-state index contributed by atoms with van der Waals surface area (Å²) in [6.45, 7) is 4.66. The van der Waals surface area contributed by atoms with E-state index in [0.717, 1.165) is 18.1 Å². The van der Waals surface area contributed by atoms with Gasteiger partial charge < -0.3 is 9.47 Å². The fourth-order valence-electron chi connectivity index (χ4n) is 2.10. The van der Waals surface area contributed by atoms with E-state index in [-0.39, 0.29) is 17.4 Å². The van der Waals surface area contributed by atoms with Crippen LogP contribution in [0.15, 0.2) is 42.5 Å². The Morgan fingerprint density at radius 2 is 1.96 bits per heavy atom. The third kappa shape index (κ3) is 4.40. The quantitative estimate of drug-likeness (QED) is 0.582. The van der Waals surface area contributed by atoms with Crippen LogP contribution in [0.1, 0.15) is 47.9 Å². The summed E-state index contributed by atoms with van der Waals surface area (Å²) in [5.41, 5.74) is 1.22. The lowest BCUT2D eigenvalue weighted by molar-refractivity contribution is 0.0660. The predicted molar refractivity (Wildman–Crippen MR) is 87.2 cm³/mol. The van der Waals surface area contributed by atoms with Crippen molar-refractivity contribution < 1.29 is 18.7 Å². The fourth-order valence-corrected chi connectivity index (χ4v) is 2.10. The topological polar surface area (TPSA) is 59.3 Å². The monoisotopic (exact) mass is 327 g/mol. The van der Waals surface area contributed by atoms with Gasteiger partial charge in [-0.05, 0) is 43.2 Å². The van der Waals surface area contributed by atoms with Gasteiger partial charge in [-0.1, -0.05) is 19.1 Å². The summed E-state index contributed by atoms with van der Waals surface area (Å²) >= 11 is 0. The summed E-state index contributed by atoms with van der Waals surface area (Å²) < 4.78 is 24.3. The maximum Gasteiger partial charge on any atom is 0.343 e. The minimum Gasteiger partial charge on any atom is -0.423 e. The largest absolute Gasteiger partial charge is 0.423 e. The Hall–Kier alpha value is -2.71. The van der Waals surface area contributed by atoms with Crippen LogP contribution in [0.4, 0.5) is 4.39 Å². The van der Waals surface area contributed by atoms with Crippen molar-refractivity contribution in [1.82, 2.24) is 0 Å². The zero-order chi connectivity index (χ0) is 17.5. The van der Waals surface area contributed by atoms with Crippen molar-refractivity contribution in [3.8, 4) is 11.8 Å². The number of hydrogen-bond acceptors (Lipinski definition) is 4. The van der Waals surface area contributed by atoms with Crippen LogP contribution in [0.2, 0.25) is 0 Å². The summed E-state index contributed by atoms with van der Waals surface area (Å²) in [5.74, 6) is -1.26. The molecule has 4 nitrogen and oxygen atoms in total. The van der Waals surface area contributed by atoms with Gasteiger partial charge >= 0.3 is 5.97 Å². The number of rotatable bonds is 6. The van der Waals surface area contributed by atoms with E-state index in [0.29, 0.717) is 12.2 Å². The number of carbonyl (C=O) groups excluding carboxylic acids is 1. The first kappa shape index (κ1) is 17.6. The highest BCUT2D eigenvalue weighted by Gasteiger charge is 2.12. The third-order valence-corrected chi connectivity index (χ3v) is 3.46. The molecule has 1 atom stereocenters. The summed E-state index contributed by atoms with van der Waals surface area (Å²) in [6.07, 6.45) is 0.887. The molecule has 0 bridgehead atoms. The fraction of sp³-hybridized carbons (Fsp3) is 0.263. The molecule has 1 unspecified atom stereocenters. The molecule has 0 amide bonds. The zero-order valence-corrected chi connectivity index (χ0v) is 13.6. The Labute approximate surface area is 140 Å². The molecule has 0 radical (unpaired) electrons. The zero-order valence-electron chi connectivity index (χ0n) is 13.6. The lowest BCUT2D eigenvalue weighted by atomic mass is 10.1. The minimum absolute atomic E-state index is 0.0531. The van der Waals surface area contributed by atoms with E-state index in [1.54, 1.807) is 30.3 Å². The molecule has 0 aliphatic rings. The molecule has 0 N–H and O–H groups in total. The van der Waals surface area contributed by atoms with Gasteiger partial charge in [0.2, 0.25) is 0 Å². The van der Waals surface area contributed by atoms with Crippen LogP contribution < -0.4 is 4.74 Å². The van der Waals surface area contributed by atoms with Gasteiger partial charge in [0.05, 0.1) is 17.2 Å². The van der Waals surface area contributed by atoms with Crippen molar-refractivity contribution in [2.24, 2.45) is 0 Å². The summed E-state index contributed by atoms with van der Waals surface area (Å²) in [7, 11) is 0. The second kappa shape index (κ2) is 8.23. The van der Waals surface area contributed by atoms with Crippen LogP contribution in [-0.4, -0.2) is 12.6 Å². The van der Waals surface area contributed by atoms with Crippen molar-refractivity contribution in [1.29, 1.82) is 5.26 Å². The lowest BCUT2D eigenvalue weighted by Gasteiger charge is -2.13. The molecule has 0 aromatic heterocycles. The molecule has 0 heterocycles. The van der Waals surface area contributed by atoms with E-state index in [2.05, 4.69) is 0 Å². The lowest BCUT2D eigenvalue weighted by Crippen LogP contribution is -2.09. The normalized spacial score (nSPS) is 11.6. The molecule has 0 spiro atoms. The number of hydrogen-bond donors (Lipinski definition) is 0. The molecule has 24 heavy (non-hydrogen) atoms. The number of nitrogens with zero attached hydrogens (tertiary/aromatic N) is 1. The van der Waals surface area contributed by atoms with Crippen molar-refractivity contribution >= 4 is 5.97 Å². The number of benzene rings is 2. The number of nitriles is 1. The average Bonchev–Trinajstić information content (AvgIpc) is 2.60. The van der Waals surface area contributed by atoms with Gasteiger partial charge in [0.15, 0.2) is 0 Å². The van der Waals surface area contributed by atoms with Gasteiger partial charge in [0.25, 0.3) is 0 Å². The minimum atomic E-state index is -0.722. The highest BCUT2D eigenvalue weighted by molar-refractivity contribution is 5.91. The summed E-state index contributed by atoms with van der Waals surface area (Å²) in [6, 6.07) is 12.3. The first-order chi connectivity index (χ1) is 11.5. The molecule has 2 aromatic carbocycles. The van der Waals surface area contributed by atoms with Crippen LogP contribution in [0.5, 0.6) is 5.75 Å². The predicted octanol–water partition coefficient (Wildman–Crippen LogP) is 4.40. The SMILES string of the molecule is CCCOC(C)c1ccc(C(=O)Oc2ccc(C#N)c(F)c2)cc1. The smallest absolute Gasteiger partial charge is 0.343 e. The van der Waals surface area contributed by atoms with Gasteiger partial charge in [-0.25, -0.2) is 9.18 Å². The number of halogens is 1. The molecule has 0 aliphatic heterocycles. The van der Waals surface area contributed by atoms with Crippen LogP contribution in [0.3, 0.4) is 0 Å². The van der Waals surface area contributed by atoms with Gasteiger partial charge in [0, 0.05) is 12.7 Å². The van der Waals surface area contributed by atoms with Crippen LogP contribution in [0, 0.1) is 17.1 Å². The van der Waals surface area contributed by atoms with Gasteiger partial charge in [-0.15, -0.1) is 0 Å². The van der Waals surface area contributed by atoms with E-state index in [1.807, 2.05) is 13.8 Å². The highest BCUT2D eigenvalue weighted by atomic mass is 19.1. The molecule has 2 rings (SSSR count). The Kier molecular flexibility index (Phi) is 6.05. The van der Waals surface area contributed by atoms with Gasteiger partial charge in [-0.3, -0.25) is 0 Å². The van der Waals surface area contributed by atoms with E-state index < -0.39 is 11.8 Å². The molecule has 0 saturated carbocycles. The number of ether oxygens (including phenoxy) is 2. The highest BCUT2D eigenvalue weighted by Crippen LogP contribution is 2.20. The number of carbonyl (C=O) groups is 1. The second-order valence-corrected chi connectivity index (χ2v) is 5.28. The molecule has 5 heteroatoms. The first-order valence-electron chi connectivity index (χ1n) is 7.68. The van der Waals surface area contributed by atoms with Crippen LogP contribution in [0.25, 0.3) is 0 Å². The molecule has 0 saturated heterocycles. The Balaban J connectivity index is 2.05. The standard InChI is InChI=1S/C19H18FNO3/c1-3-10-23-13(2)14-4-6-15(7-5-14)19(22)24-17-9-8-16(12-21)18(20)11-17/h4-9,11,13H,3,10H2,1-2H3. The third-order valence-electron chi connectivity index (χ3n) is 3.46. The average molecular weight is 327 g/mol. The second-order valence-electron chi connectivity index (χ2n) is 5.28. The van der Waals surface area contributed by atoms with E-state index in [4.69, 9.17) is 14.7 Å². The van der Waals surface area contributed by atoms with E-state index in [9.17, 15) is 9.18 Å². The molecule has 124 valence electrons. The van der Waals surface area contributed by atoms with Crippen molar-refractivity contribution in [2.45, 2.75) is 26.4 Å². The molecule has 0 aliphatic carbocycles. The molecule has 2 aromatic rings. The van der Waals surface area contributed by atoms with Crippen molar-refractivity contribution in [3.63, 3.8) is 0 Å². The maximum absolute atomic E-state index is 13.5. The van der Waals surface area contributed by atoms with E-state index in [1.165, 1.54) is 12.1 Å². The van der Waals surface area contributed by atoms with Gasteiger partial charge in [0.1, 0.15) is 17.6 Å². The van der Waals surface area contributed by atoms with E-state index >= 15 is 0 Å². The molecular formula is C19H18FNO3. The summed E-state index contributed by atoms with van der Waals surface area (Å²) in [4.78, 5) is 12.1. The Bertz CT molecular complexity index is 750. The first-order valence-corrected chi connectivity index (χ1v) is 7.68.